The Morgan fingerprint density at radius 2 is 0.643 bits per heavy atom. The van der Waals surface area contributed by atoms with E-state index in [2.05, 4.69) is 20.3 Å². The molecular weight excluding hydrogens is 937 g/mol. The van der Waals surface area contributed by atoms with Gasteiger partial charge in [-0.25, -0.2) is 0 Å². The van der Waals surface area contributed by atoms with Crippen molar-refractivity contribution < 1.29 is 327 Å². The van der Waals surface area contributed by atoms with Crippen molar-refractivity contribution >= 4 is 0 Å². The van der Waals surface area contributed by atoms with Crippen LogP contribution in [-0.4, -0.2) is 0 Å². The Balaban J connectivity index is -0.000000001000. The molecule has 0 aliphatic heterocycles. The third-order valence-corrected chi connectivity index (χ3v) is 0.408. The first-order valence-corrected chi connectivity index (χ1v) is 1.69. The summed E-state index contributed by atoms with van der Waals surface area (Å²) in [5.74, 6) is 0. The molecule has 0 amide bonds. The van der Waals surface area contributed by atoms with Crippen molar-refractivity contribution in [3.05, 3.63) is 6.42 Å². The summed E-state index contributed by atoms with van der Waals surface area (Å²) in [6.45, 7) is 4.18. The van der Waals surface area contributed by atoms with Crippen LogP contribution in [0.3, 0.4) is 0 Å². The molecule has 0 bridgehead atoms. The molecule has 0 saturated heterocycles. The zero-order chi connectivity index (χ0) is 3.41. The SMILES string of the molecule is C[CH-]CC.[Y].[Y].[Y].[Y].[Y].[Y].[Y].[Y].[Y].[Y]. The molecule has 0 atom stereocenters. The minimum Gasteiger partial charge on any atom is -0.332 e. The molecule has 0 heterocycles. The molecule has 0 rings (SSSR count). The summed E-state index contributed by atoms with van der Waals surface area (Å²) < 4.78 is 0. The second kappa shape index (κ2) is 75.1. The normalized spacial score (nSPS) is 2.14. The standard InChI is InChI=1S/C4H9.10Y/c1-3-4-2;;;;;;;;;;/h3H,4H2,1-2H3;;;;;;;;;;/q-1;;;;;;;;;;. The second-order valence-corrected chi connectivity index (χ2v) is 0.816. The van der Waals surface area contributed by atoms with Gasteiger partial charge in [-0.1, -0.05) is 6.92 Å². The molecule has 0 aromatic carbocycles. The molecule has 0 N–H and O–H groups in total. The largest absolute Gasteiger partial charge is 0.332 e. The third-order valence-electron chi connectivity index (χ3n) is 0.408. The predicted molar refractivity (Wildman–Crippen MR) is 20.3 cm³/mol. The minimum atomic E-state index is 0. The van der Waals surface area contributed by atoms with Crippen LogP contribution in [0.2, 0.25) is 0 Å². The van der Waals surface area contributed by atoms with E-state index >= 15 is 0 Å². The van der Waals surface area contributed by atoms with Gasteiger partial charge in [-0.3, -0.25) is 0 Å². The summed E-state index contributed by atoms with van der Waals surface area (Å²) in [7, 11) is 0. The van der Waals surface area contributed by atoms with Crippen molar-refractivity contribution in [2.75, 3.05) is 0 Å². The predicted octanol–water partition coefficient (Wildman–Crippen LogP) is 1.60. The van der Waals surface area contributed by atoms with Crippen LogP contribution in [-0.2, 0) is 327 Å². The maximum Gasteiger partial charge on any atom is 0 e. The smallest absolute Gasteiger partial charge is 0 e. The van der Waals surface area contributed by atoms with Crippen molar-refractivity contribution in [2.45, 2.75) is 20.3 Å². The molecule has 14 heavy (non-hydrogen) atoms. The van der Waals surface area contributed by atoms with E-state index < -0.39 is 0 Å². The van der Waals surface area contributed by atoms with Crippen molar-refractivity contribution in [3.8, 4) is 0 Å². The first-order chi connectivity index (χ1) is 1.91. The van der Waals surface area contributed by atoms with Gasteiger partial charge in [0.2, 0.25) is 0 Å². The molecule has 0 aromatic rings. The topological polar surface area (TPSA) is 0 Å². The van der Waals surface area contributed by atoms with E-state index in [0.29, 0.717) is 0 Å². The molecular formula is C4H9Y10-. The van der Waals surface area contributed by atoms with Gasteiger partial charge in [-0.05, 0) is 0 Å². The van der Waals surface area contributed by atoms with Gasteiger partial charge in [0, 0.05) is 327 Å². The summed E-state index contributed by atoms with van der Waals surface area (Å²) in [6.07, 6.45) is 3.32. The minimum absolute atomic E-state index is 0. The zero-order valence-corrected chi connectivity index (χ0v) is 37.4. The van der Waals surface area contributed by atoms with Gasteiger partial charge < -0.3 is 6.42 Å². The molecule has 10 radical (unpaired) electrons. The van der Waals surface area contributed by atoms with Crippen LogP contribution >= 0.6 is 0 Å². The second-order valence-electron chi connectivity index (χ2n) is 0.816. The average Bonchev–Trinajstić information content (AvgIpc) is 1.37. The fourth-order valence-corrected chi connectivity index (χ4v) is 0. The van der Waals surface area contributed by atoms with Crippen molar-refractivity contribution in [2.24, 2.45) is 0 Å². The quantitative estimate of drug-likeness (QED) is 0.351. The van der Waals surface area contributed by atoms with E-state index in [1.807, 2.05) is 0 Å². The fourth-order valence-electron chi connectivity index (χ4n) is 0. The molecule has 0 aliphatic carbocycles. The monoisotopic (exact) mass is 946 g/mol. The van der Waals surface area contributed by atoms with Crippen LogP contribution in [0.4, 0.5) is 0 Å². The van der Waals surface area contributed by atoms with Gasteiger partial charge in [-0.15, -0.1) is 0 Å². The number of rotatable bonds is 1. The summed E-state index contributed by atoms with van der Waals surface area (Å²) >= 11 is 0. The molecule has 56 valence electrons. The summed E-state index contributed by atoms with van der Waals surface area (Å²) in [5.41, 5.74) is 0. The van der Waals surface area contributed by atoms with Crippen LogP contribution in [0.1, 0.15) is 20.3 Å². The summed E-state index contributed by atoms with van der Waals surface area (Å²) in [4.78, 5) is 0. The molecule has 0 fully saturated rings. The van der Waals surface area contributed by atoms with Gasteiger partial charge >= 0.3 is 0 Å². The fraction of sp³-hybridized carbons (Fsp3) is 0.750. The Morgan fingerprint density at radius 1 is 0.571 bits per heavy atom. The van der Waals surface area contributed by atoms with Crippen molar-refractivity contribution in [1.29, 1.82) is 0 Å². The van der Waals surface area contributed by atoms with Crippen molar-refractivity contribution in [1.82, 2.24) is 0 Å². The molecule has 0 aliphatic rings. The zero-order valence-electron chi connectivity index (χ0n) is 9.06. The van der Waals surface area contributed by atoms with Gasteiger partial charge in [0.1, 0.15) is 0 Å². The maximum absolute atomic E-state index is 2.12. The van der Waals surface area contributed by atoms with Crippen LogP contribution in [0.25, 0.3) is 0 Å². The maximum atomic E-state index is 2.12. The van der Waals surface area contributed by atoms with Crippen LogP contribution in [0, 0.1) is 6.42 Å². The van der Waals surface area contributed by atoms with E-state index in [-0.39, 0.29) is 327 Å². The van der Waals surface area contributed by atoms with Gasteiger partial charge in [0.15, 0.2) is 0 Å². The van der Waals surface area contributed by atoms with Gasteiger partial charge in [0.25, 0.3) is 0 Å². The van der Waals surface area contributed by atoms with E-state index in [0.717, 1.165) is 0 Å². The Labute approximate surface area is 342 Å². The Kier molecular flexibility index (Phi) is 394. The number of hydrogen-bond acceptors (Lipinski definition) is 0. The van der Waals surface area contributed by atoms with Crippen molar-refractivity contribution in [3.63, 3.8) is 0 Å². The average molecular weight is 946 g/mol. The molecule has 0 unspecified atom stereocenters. The van der Waals surface area contributed by atoms with Gasteiger partial charge in [-0.2, -0.15) is 13.3 Å². The van der Waals surface area contributed by atoms with E-state index in [1.54, 1.807) is 0 Å². The van der Waals surface area contributed by atoms with E-state index in [4.69, 9.17) is 0 Å². The Hall–Kier alpha value is 11.0. The summed E-state index contributed by atoms with van der Waals surface area (Å²) in [6, 6.07) is 0. The molecule has 0 aromatic heterocycles. The van der Waals surface area contributed by atoms with Crippen LogP contribution in [0.15, 0.2) is 0 Å². The van der Waals surface area contributed by atoms with Crippen LogP contribution < -0.4 is 0 Å². The molecule has 0 saturated carbocycles. The first-order valence-electron chi connectivity index (χ1n) is 1.69. The first kappa shape index (κ1) is 73.4. The molecule has 0 nitrogen and oxygen atoms in total. The van der Waals surface area contributed by atoms with Crippen LogP contribution in [0.5, 0.6) is 0 Å². The molecule has 10 heteroatoms. The Bertz CT molecular complexity index is 14.1. The van der Waals surface area contributed by atoms with Gasteiger partial charge in [0.05, 0.1) is 0 Å². The number of unbranched alkanes of at least 4 members (excludes halogenated alkanes) is 1. The molecule has 0 spiro atoms. The Morgan fingerprint density at radius 3 is 0.643 bits per heavy atom. The third kappa shape index (κ3) is 77.2. The van der Waals surface area contributed by atoms with E-state index in [9.17, 15) is 0 Å². The van der Waals surface area contributed by atoms with E-state index in [1.165, 1.54) is 6.42 Å². The number of hydrogen-bond donors (Lipinski definition) is 0. The summed E-state index contributed by atoms with van der Waals surface area (Å²) in [5, 5.41) is 0.